The molecule has 1 saturated carbocycles. The van der Waals surface area contributed by atoms with E-state index in [1.54, 1.807) is 13.0 Å². The second-order valence-corrected chi connectivity index (χ2v) is 12.6. The molecule has 1 aliphatic rings. The van der Waals surface area contributed by atoms with Crippen molar-refractivity contribution >= 4 is 39.1 Å². The second-order valence-electron chi connectivity index (χ2n) is 10.3. The molecule has 1 unspecified atom stereocenters. The number of halogens is 2. The Morgan fingerprint density at radius 2 is 1.65 bits per heavy atom. The van der Waals surface area contributed by atoms with Crippen molar-refractivity contribution in [2.45, 2.75) is 56.1 Å². The molecule has 3 aromatic carbocycles. The first-order valence-corrected chi connectivity index (χ1v) is 15.7. The van der Waals surface area contributed by atoms with E-state index in [1.165, 1.54) is 79.8 Å². The Labute approximate surface area is 256 Å². The summed E-state index contributed by atoms with van der Waals surface area (Å²) in [4.78, 5) is 28.4. The molecule has 0 saturated heterocycles. The highest BCUT2D eigenvalue weighted by Crippen LogP contribution is 2.33. The van der Waals surface area contributed by atoms with Crippen molar-refractivity contribution in [3.05, 3.63) is 83.1 Å². The van der Waals surface area contributed by atoms with Gasteiger partial charge in [-0.25, -0.2) is 12.8 Å². The predicted molar refractivity (Wildman–Crippen MR) is 162 cm³/mol. The molecule has 2 amide bonds. The Morgan fingerprint density at radius 3 is 2.28 bits per heavy atom. The van der Waals surface area contributed by atoms with E-state index in [0.29, 0.717) is 10.8 Å². The van der Waals surface area contributed by atoms with Gasteiger partial charge in [-0.15, -0.1) is 0 Å². The third-order valence-corrected chi connectivity index (χ3v) is 9.53. The summed E-state index contributed by atoms with van der Waals surface area (Å²) in [5, 5.41) is 3.36. The molecular weight excluding hydrogens is 597 g/mol. The quantitative estimate of drug-likeness (QED) is 0.296. The highest BCUT2D eigenvalue weighted by atomic mass is 35.5. The first-order chi connectivity index (χ1) is 20.5. The number of ether oxygens (including phenoxy) is 2. The number of nitrogens with one attached hydrogen (secondary N) is 1. The topological polar surface area (TPSA) is 105 Å². The fraction of sp³-hybridized carbons (Fsp3) is 0.355. The van der Waals surface area contributed by atoms with Gasteiger partial charge in [0.2, 0.25) is 11.8 Å². The van der Waals surface area contributed by atoms with Crippen LogP contribution in [0.25, 0.3) is 0 Å². The van der Waals surface area contributed by atoms with Gasteiger partial charge < -0.3 is 19.7 Å². The van der Waals surface area contributed by atoms with Crippen LogP contribution < -0.4 is 19.1 Å². The number of rotatable bonds is 12. The largest absolute Gasteiger partial charge is 0.493 e. The summed E-state index contributed by atoms with van der Waals surface area (Å²) >= 11 is 6.07. The summed E-state index contributed by atoms with van der Waals surface area (Å²) in [6.07, 6.45) is 3.68. The van der Waals surface area contributed by atoms with E-state index in [4.69, 9.17) is 21.1 Å². The van der Waals surface area contributed by atoms with E-state index in [9.17, 15) is 22.4 Å². The second kappa shape index (κ2) is 14.1. The van der Waals surface area contributed by atoms with E-state index in [1.807, 2.05) is 0 Å². The lowest BCUT2D eigenvalue weighted by Gasteiger charge is -2.32. The number of methoxy groups -OCH3 is 2. The standard InChI is InChI=1S/C31H35ClFN3O6S/c1-21(31(38)34-24-9-5-6-10-24)35(19-22-8-4-7-11-27(22)33)30(37)20-36(25-14-12-23(32)13-15-25)43(39,40)26-16-17-28(41-2)29(18-26)42-3/h4,7-8,11-18,21,24H,5-6,9-10,19-20H2,1-3H3,(H,34,38). The minimum absolute atomic E-state index is 0.00337. The first-order valence-electron chi connectivity index (χ1n) is 13.9. The average Bonchev–Trinajstić information content (AvgIpc) is 3.52. The number of amides is 2. The normalized spacial score (nSPS) is 14.2. The zero-order chi connectivity index (χ0) is 31.1. The van der Waals surface area contributed by atoms with Crippen molar-refractivity contribution in [1.29, 1.82) is 0 Å². The summed E-state index contributed by atoms with van der Waals surface area (Å²) in [6, 6.07) is 15.0. The van der Waals surface area contributed by atoms with Crippen molar-refractivity contribution < 1.29 is 31.9 Å². The molecule has 3 aromatic rings. The van der Waals surface area contributed by atoms with E-state index < -0.39 is 40.2 Å². The highest BCUT2D eigenvalue weighted by Gasteiger charge is 2.34. The van der Waals surface area contributed by atoms with Crippen LogP contribution in [-0.2, 0) is 26.2 Å². The van der Waals surface area contributed by atoms with E-state index >= 15 is 0 Å². The summed E-state index contributed by atoms with van der Waals surface area (Å²) < 4.78 is 54.4. The first kappa shape index (κ1) is 32.1. The van der Waals surface area contributed by atoms with Crippen LogP contribution in [0.3, 0.4) is 0 Å². The number of carbonyl (C=O) groups excluding carboxylic acids is 2. The van der Waals surface area contributed by atoms with Gasteiger partial charge in [-0.05, 0) is 62.2 Å². The number of hydrogen-bond donors (Lipinski definition) is 1. The Bertz CT molecular complexity index is 1550. The van der Waals surface area contributed by atoms with Crippen molar-refractivity contribution in [3.8, 4) is 11.5 Å². The minimum atomic E-state index is -4.37. The van der Waals surface area contributed by atoms with Gasteiger partial charge in [0.05, 0.1) is 24.8 Å². The molecule has 12 heteroatoms. The Morgan fingerprint density at radius 1 is 1.00 bits per heavy atom. The monoisotopic (exact) mass is 631 g/mol. The van der Waals surface area contributed by atoms with Crippen molar-refractivity contribution in [3.63, 3.8) is 0 Å². The van der Waals surface area contributed by atoms with Gasteiger partial charge in [0.15, 0.2) is 11.5 Å². The van der Waals surface area contributed by atoms with Gasteiger partial charge in [-0.3, -0.25) is 13.9 Å². The molecule has 0 radical (unpaired) electrons. The van der Waals surface area contributed by atoms with Gasteiger partial charge in [0.1, 0.15) is 18.4 Å². The zero-order valence-corrected chi connectivity index (χ0v) is 25.8. The third kappa shape index (κ3) is 7.58. The van der Waals surface area contributed by atoms with Crippen LogP contribution in [0.1, 0.15) is 38.2 Å². The van der Waals surface area contributed by atoms with Crippen LogP contribution in [0.4, 0.5) is 10.1 Å². The number of sulfonamides is 1. The molecule has 0 heterocycles. The van der Waals surface area contributed by atoms with Crippen LogP contribution >= 0.6 is 11.6 Å². The Hall–Kier alpha value is -3.83. The number of hydrogen-bond acceptors (Lipinski definition) is 6. The minimum Gasteiger partial charge on any atom is -0.493 e. The van der Waals surface area contributed by atoms with Crippen molar-refractivity contribution in [2.24, 2.45) is 0 Å². The average molecular weight is 632 g/mol. The lowest BCUT2D eigenvalue weighted by Crippen LogP contribution is -2.52. The molecule has 1 fully saturated rings. The summed E-state index contributed by atoms with van der Waals surface area (Å²) in [5.74, 6) is -1.12. The smallest absolute Gasteiger partial charge is 0.264 e. The van der Waals surface area contributed by atoms with E-state index in [0.717, 1.165) is 30.0 Å². The summed E-state index contributed by atoms with van der Waals surface area (Å²) in [6.45, 7) is 0.641. The molecular formula is C31H35ClFN3O6S. The van der Waals surface area contributed by atoms with Gasteiger partial charge in [0.25, 0.3) is 10.0 Å². The molecule has 230 valence electrons. The lowest BCUT2D eigenvalue weighted by molar-refractivity contribution is -0.139. The summed E-state index contributed by atoms with van der Waals surface area (Å²) in [5.41, 5.74) is 0.360. The SMILES string of the molecule is COc1ccc(S(=O)(=O)N(CC(=O)N(Cc2ccccc2F)C(C)C(=O)NC2CCCC2)c2ccc(Cl)cc2)cc1OC. The van der Waals surface area contributed by atoms with Crippen LogP contribution in [0.15, 0.2) is 71.6 Å². The molecule has 1 atom stereocenters. The van der Waals surface area contributed by atoms with Crippen LogP contribution in [0.5, 0.6) is 11.5 Å². The van der Waals surface area contributed by atoms with Crippen LogP contribution in [-0.4, -0.2) is 58.0 Å². The Kier molecular flexibility index (Phi) is 10.5. The van der Waals surface area contributed by atoms with Crippen molar-refractivity contribution in [1.82, 2.24) is 10.2 Å². The molecule has 1 N–H and O–H groups in total. The lowest BCUT2D eigenvalue weighted by atomic mass is 10.1. The predicted octanol–water partition coefficient (Wildman–Crippen LogP) is 5.17. The number of nitrogens with zero attached hydrogens (tertiary/aromatic N) is 2. The zero-order valence-electron chi connectivity index (χ0n) is 24.3. The van der Waals surface area contributed by atoms with E-state index in [-0.39, 0.29) is 34.5 Å². The number of benzene rings is 3. The van der Waals surface area contributed by atoms with Gasteiger partial charge in [-0.1, -0.05) is 42.6 Å². The third-order valence-electron chi connectivity index (χ3n) is 7.50. The molecule has 0 bridgehead atoms. The van der Waals surface area contributed by atoms with Gasteiger partial charge in [-0.2, -0.15) is 0 Å². The number of carbonyl (C=O) groups is 2. The molecule has 9 nitrogen and oxygen atoms in total. The molecule has 0 spiro atoms. The van der Waals surface area contributed by atoms with Gasteiger partial charge in [0, 0.05) is 29.2 Å². The maximum Gasteiger partial charge on any atom is 0.264 e. The molecule has 1 aliphatic carbocycles. The van der Waals surface area contributed by atoms with Crippen molar-refractivity contribution in [2.75, 3.05) is 25.1 Å². The Balaban J connectivity index is 1.72. The van der Waals surface area contributed by atoms with Gasteiger partial charge >= 0.3 is 0 Å². The highest BCUT2D eigenvalue weighted by molar-refractivity contribution is 7.92. The maximum atomic E-state index is 14.7. The van der Waals surface area contributed by atoms with Crippen LogP contribution in [0.2, 0.25) is 5.02 Å². The van der Waals surface area contributed by atoms with Crippen LogP contribution in [0, 0.1) is 5.82 Å². The molecule has 0 aliphatic heterocycles. The van der Waals surface area contributed by atoms with E-state index in [2.05, 4.69) is 5.32 Å². The number of anilines is 1. The fourth-order valence-electron chi connectivity index (χ4n) is 5.03. The molecule has 0 aromatic heterocycles. The molecule has 43 heavy (non-hydrogen) atoms. The summed E-state index contributed by atoms with van der Waals surface area (Å²) in [7, 11) is -1.55. The maximum absolute atomic E-state index is 14.7. The molecule has 4 rings (SSSR count). The fourth-order valence-corrected chi connectivity index (χ4v) is 6.58.